The molecule has 8 nitrogen and oxygen atoms in total. The summed E-state index contributed by atoms with van der Waals surface area (Å²) >= 11 is 1.33. The maximum atomic E-state index is 13.6. The summed E-state index contributed by atoms with van der Waals surface area (Å²) in [5.74, 6) is -0.153. The Hall–Kier alpha value is -2.04. The number of benzene rings is 1. The number of anilines is 2. The van der Waals surface area contributed by atoms with Crippen LogP contribution in [0.3, 0.4) is 0 Å². The monoisotopic (exact) mass is 477 g/mol. The summed E-state index contributed by atoms with van der Waals surface area (Å²) in [6.07, 6.45) is 6.03. The second-order valence-electron chi connectivity index (χ2n) is 8.75. The van der Waals surface area contributed by atoms with Crippen molar-refractivity contribution in [3.8, 4) is 0 Å². The van der Waals surface area contributed by atoms with Crippen molar-refractivity contribution < 1.29 is 13.2 Å². The molecule has 3 heterocycles. The molecule has 1 aromatic heterocycles. The Morgan fingerprint density at radius 1 is 1.00 bits per heavy atom. The van der Waals surface area contributed by atoms with Crippen LogP contribution in [0.25, 0.3) is 0 Å². The minimum absolute atomic E-state index is 0.225. The van der Waals surface area contributed by atoms with Gasteiger partial charge < -0.3 is 4.90 Å². The number of piperidine rings is 2. The van der Waals surface area contributed by atoms with Crippen molar-refractivity contribution in [1.29, 1.82) is 0 Å². The van der Waals surface area contributed by atoms with E-state index in [-0.39, 0.29) is 16.7 Å². The van der Waals surface area contributed by atoms with E-state index in [0.29, 0.717) is 29.5 Å². The minimum Gasteiger partial charge on any atom is -0.370 e. The standard InChI is InChI=1S/C22H31N5O3S2/c1-16(2)21-24-25-22(31-21)23-20(28)17-9-10-18(26-11-5-3-6-12-26)19(15-17)32(29,30)27-13-7-4-8-14-27/h9-10,15-16H,3-8,11-14H2,1-2H3,(H,23,25,28). The van der Waals surface area contributed by atoms with Gasteiger partial charge in [0.1, 0.15) is 9.90 Å². The van der Waals surface area contributed by atoms with E-state index in [2.05, 4.69) is 20.4 Å². The van der Waals surface area contributed by atoms with Gasteiger partial charge in [-0.1, -0.05) is 31.6 Å². The fraction of sp³-hybridized carbons (Fsp3) is 0.591. The third-order valence-corrected chi connectivity index (χ3v) is 9.07. The van der Waals surface area contributed by atoms with Crippen LogP contribution < -0.4 is 10.2 Å². The van der Waals surface area contributed by atoms with Crippen LogP contribution in [0.15, 0.2) is 23.1 Å². The van der Waals surface area contributed by atoms with Gasteiger partial charge >= 0.3 is 0 Å². The largest absolute Gasteiger partial charge is 0.370 e. The van der Waals surface area contributed by atoms with Crippen LogP contribution in [0.2, 0.25) is 0 Å². The average molecular weight is 478 g/mol. The van der Waals surface area contributed by atoms with Gasteiger partial charge in [0, 0.05) is 37.7 Å². The van der Waals surface area contributed by atoms with E-state index in [1.807, 2.05) is 13.8 Å². The molecular weight excluding hydrogens is 446 g/mol. The van der Waals surface area contributed by atoms with Gasteiger partial charge in [-0.15, -0.1) is 10.2 Å². The first-order valence-corrected chi connectivity index (χ1v) is 13.7. The number of nitrogens with zero attached hydrogens (tertiary/aromatic N) is 4. The number of aromatic nitrogens is 2. The molecule has 2 fully saturated rings. The molecule has 2 aliphatic rings. The first kappa shape index (κ1) is 23.1. The maximum absolute atomic E-state index is 13.6. The van der Waals surface area contributed by atoms with Gasteiger partial charge in [-0.3, -0.25) is 10.1 Å². The zero-order chi connectivity index (χ0) is 22.7. The molecule has 1 aromatic carbocycles. The molecule has 2 saturated heterocycles. The Labute approximate surface area is 194 Å². The average Bonchev–Trinajstić information content (AvgIpc) is 3.29. The van der Waals surface area contributed by atoms with Crippen molar-refractivity contribution in [3.63, 3.8) is 0 Å². The van der Waals surface area contributed by atoms with E-state index < -0.39 is 10.0 Å². The first-order valence-electron chi connectivity index (χ1n) is 11.4. The Balaban J connectivity index is 1.66. The highest BCUT2D eigenvalue weighted by molar-refractivity contribution is 7.89. The highest BCUT2D eigenvalue weighted by Gasteiger charge is 2.31. The molecule has 0 saturated carbocycles. The lowest BCUT2D eigenvalue weighted by Crippen LogP contribution is -2.37. The normalized spacial score (nSPS) is 18.2. The molecule has 1 amide bonds. The number of sulfonamides is 1. The predicted molar refractivity (Wildman–Crippen MR) is 127 cm³/mol. The fourth-order valence-corrected chi connectivity index (χ4v) is 6.69. The van der Waals surface area contributed by atoms with Gasteiger partial charge in [0.05, 0.1) is 5.69 Å². The number of hydrogen-bond acceptors (Lipinski definition) is 7. The van der Waals surface area contributed by atoms with Crippen LogP contribution in [-0.4, -0.2) is 55.0 Å². The van der Waals surface area contributed by atoms with Crippen LogP contribution in [0.5, 0.6) is 0 Å². The van der Waals surface area contributed by atoms with E-state index >= 15 is 0 Å². The topological polar surface area (TPSA) is 95.5 Å². The molecule has 2 aliphatic heterocycles. The van der Waals surface area contributed by atoms with E-state index in [1.54, 1.807) is 16.4 Å². The Bertz CT molecular complexity index is 1060. The molecule has 0 bridgehead atoms. The molecule has 1 N–H and O–H groups in total. The van der Waals surface area contributed by atoms with Gasteiger partial charge in [-0.25, -0.2) is 8.42 Å². The molecule has 0 unspecified atom stereocenters. The van der Waals surface area contributed by atoms with Gasteiger partial charge in [-0.05, 0) is 50.3 Å². The van der Waals surface area contributed by atoms with E-state index in [0.717, 1.165) is 56.6 Å². The molecule has 32 heavy (non-hydrogen) atoms. The molecule has 174 valence electrons. The summed E-state index contributed by atoms with van der Waals surface area (Å²) in [4.78, 5) is 15.3. The van der Waals surface area contributed by atoms with Crippen LogP contribution in [-0.2, 0) is 10.0 Å². The van der Waals surface area contributed by atoms with Crippen molar-refractivity contribution in [2.75, 3.05) is 36.4 Å². The first-order chi connectivity index (χ1) is 15.4. The van der Waals surface area contributed by atoms with E-state index in [1.165, 1.54) is 17.4 Å². The lowest BCUT2D eigenvalue weighted by atomic mass is 10.1. The van der Waals surface area contributed by atoms with E-state index in [4.69, 9.17) is 0 Å². The zero-order valence-corrected chi connectivity index (χ0v) is 20.3. The molecular formula is C22H31N5O3S2. The number of carbonyl (C=O) groups is 1. The summed E-state index contributed by atoms with van der Waals surface area (Å²) in [5, 5.41) is 12.2. The number of carbonyl (C=O) groups excluding carboxylic acids is 1. The van der Waals surface area contributed by atoms with Crippen molar-refractivity contribution >= 4 is 38.1 Å². The van der Waals surface area contributed by atoms with Crippen molar-refractivity contribution in [2.24, 2.45) is 0 Å². The summed E-state index contributed by atoms with van der Waals surface area (Å²) in [7, 11) is -3.69. The summed E-state index contributed by atoms with van der Waals surface area (Å²) in [6, 6.07) is 5.03. The number of hydrogen-bond donors (Lipinski definition) is 1. The van der Waals surface area contributed by atoms with Crippen molar-refractivity contribution in [1.82, 2.24) is 14.5 Å². The van der Waals surface area contributed by atoms with E-state index in [9.17, 15) is 13.2 Å². The zero-order valence-electron chi connectivity index (χ0n) is 18.7. The van der Waals surface area contributed by atoms with Crippen LogP contribution in [0.4, 0.5) is 10.8 Å². The molecule has 0 atom stereocenters. The number of nitrogens with one attached hydrogen (secondary N) is 1. The minimum atomic E-state index is -3.69. The lowest BCUT2D eigenvalue weighted by Gasteiger charge is -2.33. The highest BCUT2D eigenvalue weighted by Crippen LogP contribution is 2.33. The smallest absolute Gasteiger partial charge is 0.257 e. The number of rotatable bonds is 6. The third kappa shape index (κ3) is 4.97. The summed E-state index contributed by atoms with van der Waals surface area (Å²) in [6.45, 7) is 6.75. The molecule has 10 heteroatoms. The SMILES string of the molecule is CC(C)c1nnc(NC(=O)c2ccc(N3CCCCC3)c(S(=O)(=O)N3CCCCC3)c2)s1. The molecule has 4 rings (SSSR count). The maximum Gasteiger partial charge on any atom is 0.257 e. The molecule has 0 radical (unpaired) electrons. The fourth-order valence-electron chi connectivity index (χ4n) is 4.19. The Morgan fingerprint density at radius 3 is 2.28 bits per heavy atom. The Kier molecular flexibility index (Phi) is 7.11. The predicted octanol–water partition coefficient (Wildman–Crippen LogP) is 4.08. The quantitative estimate of drug-likeness (QED) is 0.674. The number of amides is 1. The summed E-state index contributed by atoms with van der Waals surface area (Å²) < 4.78 is 28.8. The molecule has 0 spiro atoms. The molecule has 0 aliphatic carbocycles. The van der Waals surface area contributed by atoms with Gasteiger partial charge in [0.15, 0.2) is 0 Å². The highest BCUT2D eigenvalue weighted by atomic mass is 32.2. The lowest BCUT2D eigenvalue weighted by molar-refractivity contribution is 0.102. The van der Waals surface area contributed by atoms with Crippen molar-refractivity contribution in [2.45, 2.75) is 63.2 Å². The van der Waals surface area contributed by atoms with Crippen LogP contribution in [0.1, 0.15) is 73.7 Å². The van der Waals surface area contributed by atoms with Gasteiger partial charge in [0.2, 0.25) is 15.2 Å². The molecule has 2 aromatic rings. The third-order valence-electron chi connectivity index (χ3n) is 6.01. The van der Waals surface area contributed by atoms with Crippen LogP contribution >= 0.6 is 11.3 Å². The van der Waals surface area contributed by atoms with Crippen molar-refractivity contribution in [3.05, 3.63) is 28.8 Å². The summed E-state index contributed by atoms with van der Waals surface area (Å²) in [5.41, 5.74) is 1.01. The van der Waals surface area contributed by atoms with Gasteiger partial charge in [-0.2, -0.15) is 4.31 Å². The van der Waals surface area contributed by atoms with Crippen LogP contribution in [0, 0.1) is 0 Å². The Morgan fingerprint density at radius 2 is 1.66 bits per heavy atom. The van der Waals surface area contributed by atoms with Gasteiger partial charge in [0.25, 0.3) is 5.91 Å². The second kappa shape index (κ2) is 9.84. The second-order valence-corrected chi connectivity index (χ2v) is 11.7.